The predicted octanol–water partition coefficient (Wildman–Crippen LogP) is 2.22. The molecule has 1 aliphatic heterocycles. The molecule has 1 saturated heterocycles. The molecule has 1 N–H and O–H groups in total. The summed E-state index contributed by atoms with van der Waals surface area (Å²) in [6.45, 7) is 1.76. The number of aryl methyl sites for hydroxylation is 1. The minimum atomic E-state index is -4.13. The average Bonchev–Trinajstić information content (AvgIpc) is 3.00. The second-order valence-electron chi connectivity index (χ2n) is 7.03. The smallest absolute Gasteiger partial charge is 0.316 e. The first-order valence-corrected chi connectivity index (χ1v) is 12.2. The second kappa shape index (κ2) is 8.11. The highest BCUT2D eigenvalue weighted by Crippen LogP contribution is 2.21. The zero-order chi connectivity index (χ0) is 21.2. The molecule has 10 heteroatoms. The first-order chi connectivity index (χ1) is 13.6. The number of carbonyl (C=O) groups is 1. The van der Waals surface area contributed by atoms with E-state index in [1.54, 1.807) is 19.1 Å². The van der Waals surface area contributed by atoms with Crippen molar-refractivity contribution in [3.63, 3.8) is 0 Å². The van der Waals surface area contributed by atoms with Crippen molar-refractivity contribution in [2.24, 2.45) is 0 Å². The largest absolute Gasteiger partial charge is 0.331 e. The standard InChI is InChI=1S/C19H21FN2O5S2/c1-14-2-8-18(9-3-14)29(26,27)21-19(23)22(17-10-11-28(24,25)13-17)12-15-4-6-16(20)7-5-15/h2-9,17H,10-13H2,1H3,(H,21,23). The molecule has 0 spiro atoms. The van der Waals surface area contributed by atoms with Gasteiger partial charge in [-0.25, -0.2) is 30.7 Å². The Bertz CT molecular complexity index is 1100. The molecule has 2 aromatic rings. The maximum atomic E-state index is 13.2. The van der Waals surface area contributed by atoms with Gasteiger partial charge in [0.15, 0.2) is 9.84 Å². The number of amides is 2. The zero-order valence-electron chi connectivity index (χ0n) is 15.7. The van der Waals surface area contributed by atoms with Crippen LogP contribution in [-0.4, -0.2) is 45.3 Å². The minimum Gasteiger partial charge on any atom is -0.316 e. The second-order valence-corrected chi connectivity index (χ2v) is 10.9. The fourth-order valence-corrected chi connectivity index (χ4v) is 5.81. The van der Waals surface area contributed by atoms with Crippen molar-refractivity contribution in [1.29, 1.82) is 0 Å². The van der Waals surface area contributed by atoms with Gasteiger partial charge in [-0.3, -0.25) is 0 Å². The molecule has 156 valence electrons. The summed E-state index contributed by atoms with van der Waals surface area (Å²) in [6, 6.07) is 9.78. The fraction of sp³-hybridized carbons (Fsp3) is 0.316. The van der Waals surface area contributed by atoms with Gasteiger partial charge in [-0.15, -0.1) is 0 Å². The Balaban J connectivity index is 1.85. The number of sulfonamides is 1. The van der Waals surface area contributed by atoms with E-state index in [1.807, 2.05) is 4.72 Å². The summed E-state index contributed by atoms with van der Waals surface area (Å²) in [5.41, 5.74) is 1.42. The highest BCUT2D eigenvalue weighted by atomic mass is 32.2. The molecule has 0 saturated carbocycles. The Kier molecular flexibility index (Phi) is 5.95. The summed E-state index contributed by atoms with van der Waals surface area (Å²) in [7, 11) is -7.43. The lowest BCUT2D eigenvalue weighted by atomic mass is 10.1. The maximum Gasteiger partial charge on any atom is 0.331 e. The van der Waals surface area contributed by atoms with Crippen LogP contribution in [0.5, 0.6) is 0 Å². The third-order valence-electron chi connectivity index (χ3n) is 4.73. The van der Waals surface area contributed by atoms with Crippen LogP contribution in [0.2, 0.25) is 0 Å². The van der Waals surface area contributed by atoms with Crippen molar-refractivity contribution in [1.82, 2.24) is 9.62 Å². The van der Waals surface area contributed by atoms with Crippen LogP contribution in [0.1, 0.15) is 17.5 Å². The van der Waals surface area contributed by atoms with Crippen molar-refractivity contribution >= 4 is 25.9 Å². The lowest BCUT2D eigenvalue weighted by molar-refractivity contribution is 0.182. The van der Waals surface area contributed by atoms with Crippen LogP contribution in [0.15, 0.2) is 53.4 Å². The van der Waals surface area contributed by atoms with Crippen LogP contribution in [0, 0.1) is 12.7 Å². The monoisotopic (exact) mass is 440 g/mol. The van der Waals surface area contributed by atoms with Gasteiger partial charge in [0.05, 0.1) is 16.4 Å². The molecule has 2 amide bonds. The molecule has 1 unspecified atom stereocenters. The Morgan fingerprint density at radius 1 is 1.14 bits per heavy atom. The molecule has 0 bridgehead atoms. The molecule has 7 nitrogen and oxygen atoms in total. The fourth-order valence-electron chi connectivity index (χ4n) is 3.12. The number of hydrogen-bond donors (Lipinski definition) is 1. The van der Waals surface area contributed by atoms with E-state index in [0.29, 0.717) is 5.56 Å². The number of carbonyl (C=O) groups excluding carboxylic acids is 1. The molecule has 1 atom stereocenters. The summed E-state index contributed by atoms with van der Waals surface area (Å²) in [5.74, 6) is -0.767. The van der Waals surface area contributed by atoms with Gasteiger partial charge < -0.3 is 4.90 Å². The van der Waals surface area contributed by atoms with Crippen LogP contribution >= 0.6 is 0 Å². The van der Waals surface area contributed by atoms with E-state index in [2.05, 4.69) is 0 Å². The summed E-state index contributed by atoms with van der Waals surface area (Å²) < 4.78 is 64.1. The summed E-state index contributed by atoms with van der Waals surface area (Å²) >= 11 is 0. The van der Waals surface area contributed by atoms with Crippen molar-refractivity contribution in [2.45, 2.75) is 30.8 Å². The van der Waals surface area contributed by atoms with E-state index in [-0.39, 0.29) is 29.4 Å². The summed E-state index contributed by atoms with van der Waals surface area (Å²) in [6.07, 6.45) is 0.210. The van der Waals surface area contributed by atoms with Crippen LogP contribution in [0.3, 0.4) is 0 Å². The number of rotatable bonds is 5. The van der Waals surface area contributed by atoms with Gasteiger partial charge in [0.25, 0.3) is 10.0 Å². The third-order valence-corrected chi connectivity index (χ3v) is 7.82. The number of benzene rings is 2. The van der Waals surface area contributed by atoms with Gasteiger partial charge in [0, 0.05) is 12.6 Å². The quantitative estimate of drug-likeness (QED) is 0.768. The Morgan fingerprint density at radius 3 is 2.31 bits per heavy atom. The van der Waals surface area contributed by atoms with E-state index in [0.717, 1.165) is 5.56 Å². The Morgan fingerprint density at radius 2 is 1.76 bits per heavy atom. The number of hydrogen-bond acceptors (Lipinski definition) is 5. The Labute approximate surface area is 169 Å². The summed E-state index contributed by atoms with van der Waals surface area (Å²) in [5, 5.41) is 0. The predicted molar refractivity (Wildman–Crippen MR) is 106 cm³/mol. The average molecular weight is 441 g/mol. The van der Waals surface area contributed by atoms with Crippen LogP contribution < -0.4 is 4.72 Å². The summed E-state index contributed by atoms with van der Waals surface area (Å²) in [4.78, 5) is 13.9. The third kappa shape index (κ3) is 5.33. The molecular formula is C19H21FN2O5S2. The first-order valence-electron chi connectivity index (χ1n) is 8.91. The van der Waals surface area contributed by atoms with Crippen molar-refractivity contribution < 1.29 is 26.0 Å². The van der Waals surface area contributed by atoms with Gasteiger partial charge in [-0.2, -0.15) is 0 Å². The number of urea groups is 1. The van der Waals surface area contributed by atoms with Gasteiger partial charge in [0.2, 0.25) is 0 Å². The molecule has 29 heavy (non-hydrogen) atoms. The van der Waals surface area contributed by atoms with Crippen LogP contribution in [0.25, 0.3) is 0 Å². The Hall–Kier alpha value is -2.46. The van der Waals surface area contributed by atoms with Gasteiger partial charge in [-0.1, -0.05) is 29.8 Å². The normalized spacial score (nSPS) is 18.3. The van der Waals surface area contributed by atoms with E-state index in [1.165, 1.54) is 41.3 Å². The van der Waals surface area contributed by atoms with Gasteiger partial charge in [0.1, 0.15) is 5.82 Å². The van der Waals surface area contributed by atoms with Gasteiger partial charge >= 0.3 is 6.03 Å². The number of sulfone groups is 1. The highest BCUT2D eigenvalue weighted by molar-refractivity contribution is 7.91. The van der Waals surface area contributed by atoms with Crippen molar-refractivity contribution in [3.8, 4) is 0 Å². The van der Waals surface area contributed by atoms with E-state index < -0.39 is 37.8 Å². The molecule has 0 radical (unpaired) electrons. The molecule has 3 rings (SSSR count). The number of halogens is 1. The van der Waals surface area contributed by atoms with Crippen molar-refractivity contribution in [3.05, 3.63) is 65.5 Å². The molecular weight excluding hydrogens is 419 g/mol. The van der Waals surface area contributed by atoms with Crippen LogP contribution in [0.4, 0.5) is 9.18 Å². The lowest BCUT2D eigenvalue weighted by Crippen LogP contribution is -2.48. The molecule has 1 fully saturated rings. The molecule has 1 aliphatic rings. The number of nitrogens with one attached hydrogen (secondary N) is 1. The zero-order valence-corrected chi connectivity index (χ0v) is 17.3. The molecule has 1 heterocycles. The highest BCUT2D eigenvalue weighted by Gasteiger charge is 2.36. The first kappa shape index (κ1) is 21.3. The SMILES string of the molecule is Cc1ccc(S(=O)(=O)NC(=O)N(Cc2ccc(F)cc2)C2CCS(=O)(=O)C2)cc1. The van der Waals surface area contributed by atoms with E-state index >= 15 is 0 Å². The topological polar surface area (TPSA) is 101 Å². The molecule has 0 aromatic heterocycles. The number of nitrogens with zero attached hydrogens (tertiary/aromatic N) is 1. The van der Waals surface area contributed by atoms with Crippen molar-refractivity contribution in [2.75, 3.05) is 11.5 Å². The maximum absolute atomic E-state index is 13.2. The van der Waals surface area contributed by atoms with Crippen LogP contribution in [-0.2, 0) is 26.4 Å². The lowest BCUT2D eigenvalue weighted by Gasteiger charge is -2.28. The molecule has 2 aromatic carbocycles. The minimum absolute atomic E-state index is 0.0459. The van der Waals surface area contributed by atoms with Gasteiger partial charge in [-0.05, 0) is 43.2 Å². The van der Waals surface area contributed by atoms with E-state index in [4.69, 9.17) is 0 Å². The van der Waals surface area contributed by atoms with E-state index in [9.17, 15) is 26.0 Å². The molecule has 0 aliphatic carbocycles.